The molecular weight excluding hydrogens is 386 g/mol. The molecule has 1 unspecified atom stereocenters. The van der Waals surface area contributed by atoms with E-state index in [0.29, 0.717) is 5.56 Å². The van der Waals surface area contributed by atoms with Crippen LogP contribution < -0.4 is 0 Å². The Bertz CT molecular complexity index is 822. The third-order valence-corrected chi connectivity index (χ3v) is 7.57. The standard InChI is InChI=1S/C20H24ClNO6/c1-18(2)14-9-10-19(18,3)20(28-17(21)24,15(14)11-16(23)27-4)12-5-7-13(8-6-12)22(25)26/h5-8,14-15H,9-11H2,1-4H3/t14?,15-,19+,20+/m0/s1. The van der Waals surface area contributed by atoms with Gasteiger partial charge in [0.25, 0.3) is 5.69 Å². The fourth-order valence-electron chi connectivity index (χ4n) is 5.88. The molecule has 8 heteroatoms. The number of hydrogen-bond acceptors (Lipinski definition) is 6. The predicted octanol–water partition coefficient (Wildman–Crippen LogP) is 4.80. The lowest BCUT2D eigenvalue weighted by molar-refractivity contribution is -0.384. The number of nitro groups is 1. The van der Waals surface area contributed by atoms with Gasteiger partial charge in [0.05, 0.1) is 18.5 Å². The van der Waals surface area contributed by atoms with E-state index in [2.05, 4.69) is 13.8 Å². The van der Waals surface area contributed by atoms with Crippen molar-refractivity contribution >= 4 is 28.7 Å². The lowest BCUT2D eigenvalue weighted by Gasteiger charge is -2.50. The van der Waals surface area contributed by atoms with Crippen molar-refractivity contribution in [2.24, 2.45) is 22.7 Å². The van der Waals surface area contributed by atoms with Gasteiger partial charge in [0.2, 0.25) is 0 Å². The Balaban J connectivity index is 2.23. The Hall–Kier alpha value is -2.15. The number of hydrogen-bond donors (Lipinski definition) is 0. The van der Waals surface area contributed by atoms with Crippen LogP contribution in [-0.4, -0.2) is 23.4 Å². The molecule has 0 amide bonds. The first-order valence-electron chi connectivity index (χ1n) is 9.21. The van der Waals surface area contributed by atoms with Gasteiger partial charge >= 0.3 is 11.4 Å². The van der Waals surface area contributed by atoms with E-state index >= 15 is 0 Å². The summed E-state index contributed by atoms with van der Waals surface area (Å²) >= 11 is 5.72. The smallest absolute Gasteiger partial charge is 0.404 e. The second kappa shape index (κ2) is 6.72. The second-order valence-corrected chi connectivity index (χ2v) is 8.77. The molecule has 2 aliphatic carbocycles. The van der Waals surface area contributed by atoms with Crippen LogP contribution >= 0.6 is 11.6 Å². The van der Waals surface area contributed by atoms with Gasteiger partial charge in [-0.3, -0.25) is 14.9 Å². The van der Waals surface area contributed by atoms with Crippen LogP contribution in [0.4, 0.5) is 10.5 Å². The number of halogens is 1. The maximum Gasteiger partial charge on any atom is 0.404 e. The molecule has 0 aliphatic heterocycles. The Morgan fingerprint density at radius 2 is 1.86 bits per heavy atom. The van der Waals surface area contributed by atoms with Gasteiger partial charge in [-0.25, -0.2) is 4.79 Å². The summed E-state index contributed by atoms with van der Waals surface area (Å²) < 4.78 is 10.8. The van der Waals surface area contributed by atoms with Crippen molar-refractivity contribution < 1.29 is 24.0 Å². The average Bonchev–Trinajstić information content (AvgIpc) is 2.94. The van der Waals surface area contributed by atoms with Crippen LogP contribution in [0.3, 0.4) is 0 Å². The van der Waals surface area contributed by atoms with Gasteiger partial charge in [-0.15, -0.1) is 0 Å². The third kappa shape index (κ3) is 2.63. The number of nitrogens with zero attached hydrogens (tertiary/aromatic N) is 1. The van der Waals surface area contributed by atoms with E-state index in [9.17, 15) is 19.7 Å². The van der Waals surface area contributed by atoms with Crippen LogP contribution in [0.5, 0.6) is 0 Å². The van der Waals surface area contributed by atoms with Crippen molar-refractivity contribution in [3.8, 4) is 0 Å². The minimum atomic E-state index is -1.18. The summed E-state index contributed by atoms with van der Waals surface area (Å²) in [6, 6.07) is 5.97. The summed E-state index contributed by atoms with van der Waals surface area (Å²) in [4.78, 5) is 34.8. The van der Waals surface area contributed by atoms with E-state index in [1.165, 1.54) is 19.2 Å². The van der Waals surface area contributed by atoms with Crippen molar-refractivity contribution in [3.63, 3.8) is 0 Å². The molecule has 2 bridgehead atoms. The maximum atomic E-state index is 12.2. The molecule has 28 heavy (non-hydrogen) atoms. The normalized spacial score (nSPS) is 32.8. The number of fused-ring (bicyclic) bond motifs is 2. The van der Waals surface area contributed by atoms with Crippen molar-refractivity contribution in [3.05, 3.63) is 39.9 Å². The summed E-state index contributed by atoms with van der Waals surface area (Å²) in [5.74, 6) is -0.644. The topological polar surface area (TPSA) is 95.7 Å². The van der Waals surface area contributed by atoms with Crippen LogP contribution in [0, 0.1) is 32.8 Å². The van der Waals surface area contributed by atoms with E-state index in [-0.39, 0.29) is 29.4 Å². The molecule has 7 nitrogen and oxygen atoms in total. The molecule has 2 saturated carbocycles. The summed E-state index contributed by atoms with van der Waals surface area (Å²) in [5.41, 5.74) is -2.35. The molecule has 1 aromatic carbocycles. The van der Waals surface area contributed by atoms with E-state index < -0.39 is 27.3 Å². The number of carbonyl (C=O) groups is 2. The van der Waals surface area contributed by atoms with Crippen LogP contribution in [0.15, 0.2) is 24.3 Å². The van der Waals surface area contributed by atoms with E-state index in [1.54, 1.807) is 12.1 Å². The number of carbonyl (C=O) groups excluding carboxylic acids is 2. The lowest BCUT2D eigenvalue weighted by atomic mass is 9.60. The number of esters is 1. The van der Waals surface area contributed by atoms with Gasteiger partial charge < -0.3 is 9.47 Å². The maximum absolute atomic E-state index is 12.2. The zero-order chi connectivity index (χ0) is 20.9. The first-order valence-corrected chi connectivity index (χ1v) is 9.59. The van der Waals surface area contributed by atoms with Crippen LogP contribution in [0.2, 0.25) is 0 Å². The largest absolute Gasteiger partial charge is 0.469 e. The molecule has 152 valence electrons. The van der Waals surface area contributed by atoms with Crippen molar-refractivity contribution in [1.29, 1.82) is 0 Å². The minimum Gasteiger partial charge on any atom is -0.469 e. The van der Waals surface area contributed by atoms with E-state index in [1.807, 2.05) is 6.92 Å². The van der Waals surface area contributed by atoms with Gasteiger partial charge in [-0.05, 0) is 41.9 Å². The molecule has 0 aromatic heterocycles. The van der Waals surface area contributed by atoms with Gasteiger partial charge in [0.1, 0.15) is 5.60 Å². The molecule has 2 aliphatic rings. The first-order chi connectivity index (χ1) is 13.0. The van der Waals surface area contributed by atoms with Crippen molar-refractivity contribution in [2.45, 2.75) is 45.6 Å². The molecule has 0 heterocycles. The van der Waals surface area contributed by atoms with E-state index in [0.717, 1.165) is 12.8 Å². The van der Waals surface area contributed by atoms with Crippen LogP contribution in [0.25, 0.3) is 0 Å². The zero-order valence-electron chi connectivity index (χ0n) is 16.4. The summed E-state index contributed by atoms with van der Waals surface area (Å²) in [5, 5.41) is 11.1. The molecule has 2 fully saturated rings. The van der Waals surface area contributed by atoms with Gasteiger partial charge in [0.15, 0.2) is 0 Å². The summed E-state index contributed by atoms with van der Waals surface area (Å²) in [6.45, 7) is 6.28. The Morgan fingerprint density at radius 1 is 1.25 bits per heavy atom. The zero-order valence-corrected chi connectivity index (χ0v) is 17.1. The van der Waals surface area contributed by atoms with Crippen molar-refractivity contribution in [1.82, 2.24) is 0 Å². The predicted molar refractivity (Wildman–Crippen MR) is 102 cm³/mol. The molecule has 0 N–H and O–H groups in total. The highest BCUT2D eigenvalue weighted by Gasteiger charge is 2.76. The molecule has 4 atom stereocenters. The number of benzene rings is 1. The molecule has 3 rings (SSSR count). The van der Waals surface area contributed by atoms with Gasteiger partial charge in [0, 0.05) is 35.1 Å². The van der Waals surface area contributed by atoms with Gasteiger partial charge in [-0.1, -0.05) is 20.8 Å². The molecule has 0 spiro atoms. The lowest BCUT2D eigenvalue weighted by Crippen LogP contribution is -2.51. The molecule has 0 radical (unpaired) electrons. The number of non-ortho nitro benzene ring substituents is 1. The van der Waals surface area contributed by atoms with Crippen LogP contribution in [0.1, 0.15) is 45.6 Å². The monoisotopic (exact) mass is 409 g/mol. The number of ether oxygens (including phenoxy) is 2. The second-order valence-electron chi connectivity index (χ2n) is 8.47. The van der Waals surface area contributed by atoms with Crippen LogP contribution in [-0.2, 0) is 19.9 Å². The minimum absolute atomic E-state index is 0.0619. The quantitative estimate of drug-likeness (QED) is 0.300. The molecule has 1 aromatic rings. The Labute approximate surface area is 168 Å². The average molecular weight is 410 g/mol. The Morgan fingerprint density at radius 3 is 2.36 bits per heavy atom. The molecule has 0 saturated heterocycles. The summed E-state index contributed by atoms with van der Waals surface area (Å²) in [6.07, 6.45) is 1.74. The third-order valence-electron chi connectivity index (χ3n) is 7.49. The fraction of sp³-hybridized carbons (Fsp3) is 0.600. The highest BCUT2D eigenvalue weighted by molar-refractivity contribution is 6.61. The number of nitro benzene ring substituents is 1. The fourth-order valence-corrected chi connectivity index (χ4v) is 6.01. The number of methoxy groups -OCH3 is 1. The van der Waals surface area contributed by atoms with E-state index in [4.69, 9.17) is 21.1 Å². The first kappa shape index (κ1) is 20.6. The SMILES string of the molecule is COC(=O)C[C@H]1C2CC[C@](C)(C2(C)C)[C@@]1(OC(=O)Cl)c1ccc([N+](=O)[O-])cc1. The number of rotatable bonds is 5. The Kier molecular flexibility index (Phi) is 4.94. The van der Waals surface area contributed by atoms with Gasteiger partial charge in [-0.2, -0.15) is 0 Å². The highest BCUT2D eigenvalue weighted by atomic mass is 35.5. The highest BCUT2D eigenvalue weighted by Crippen LogP contribution is 2.76. The summed E-state index contributed by atoms with van der Waals surface area (Å²) in [7, 11) is 1.32. The molecular formula is C20H24ClNO6. The van der Waals surface area contributed by atoms with Crippen molar-refractivity contribution in [2.75, 3.05) is 7.11 Å².